The molecular formula is C28H39N9O4. The molecule has 13 heteroatoms. The molecule has 1 aliphatic heterocycles. The van der Waals surface area contributed by atoms with Gasteiger partial charge in [-0.2, -0.15) is 9.97 Å². The van der Waals surface area contributed by atoms with Gasteiger partial charge in [0.2, 0.25) is 5.95 Å². The summed E-state index contributed by atoms with van der Waals surface area (Å²) in [5.74, 6) is 2.16. The smallest absolute Gasteiger partial charge is 0.226 e. The monoisotopic (exact) mass is 565 g/mol. The summed E-state index contributed by atoms with van der Waals surface area (Å²) in [5.41, 5.74) is 2.79. The van der Waals surface area contributed by atoms with E-state index in [1.807, 2.05) is 24.7 Å². The van der Waals surface area contributed by atoms with Gasteiger partial charge in [-0.05, 0) is 18.8 Å². The topological polar surface area (TPSA) is 161 Å². The van der Waals surface area contributed by atoms with Crippen molar-refractivity contribution in [2.24, 2.45) is 13.0 Å². The SMILES string of the molecule is CCc1cc([C@H]2O[C@@H](n3cnc4c(NCCC5CCCCC5)nc(NCCc5cn(C)cn5)nc43)[C@H](O)[C@@H]2O)on1. The first-order valence-corrected chi connectivity index (χ1v) is 14.7. The van der Waals surface area contributed by atoms with Gasteiger partial charge < -0.3 is 34.7 Å². The highest BCUT2D eigenvalue weighted by molar-refractivity contribution is 5.84. The average molecular weight is 566 g/mol. The van der Waals surface area contributed by atoms with E-state index in [4.69, 9.17) is 19.2 Å². The van der Waals surface area contributed by atoms with Crippen LogP contribution < -0.4 is 10.6 Å². The first-order chi connectivity index (χ1) is 20.0. The Hall–Kier alpha value is -3.55. The van der Waals surface area contributed by atoms with E-state index in [9.17, 15) is 10.2 Å². The number of aliphatic hydroxyl groups excluding tert-OH is 2. The van der Waals surface area contributed by atoms with Crippen LogP contribution in [0.1, 0.15) is 74.9 Å². The summed E-state index contributed by atoms with van der Waals surface area (Å²) in [6, 6.07) is 1.75. The Labute approximate surface area is 238 Å². The largest absolute Gasteiger partial charge is 0.387 e. The van der Waals surface area contributed by atoms with Crippen LogP contribution in [-0.4, -0.2) is 69.7 Å². The molecule has 220 valence electrons. The van der Waals surface area contributed by atoms with Crippen LogP contribution in [0.2, 0.25) is 0 Å². The lowest BCUT2D eigenvalue weighted by Gasteiger charge is -2.21. The van der Waals surface area contributed by atoms with Crippen LogP contribution in [-0.2, 0) is 24.6 Å². The second kappa shape index (κ2) is 12.1. The van der Waals surface area contributed by atoms with Gasteiger partial charge in [0.15, 0.2) is 29.0 Å². The molecular weight excluding hydrogens is 526 g/mol. The number of nitrogens with one attached hydrogen (secondary N) is 2. The zero-order valence-corrected chi connectivity index (χ0v) is 23.6. The summed E-state index contributed by atoms with van der Waals surface area (Å²) in [5, 5.41) is 32.7. The zero-order chi connectivity index (χ0) is 28.3. The number of rotatable bonds is 11. The molecule has 6 rings (SSSR count). The van der Waals surface area contributed by atoms with Gasteiger partial charge in [0.05, 0.1) is 24.0 Å². The molecule has 0 amide bonds. The van der Waals surface area contributed by atoms with E-state index in [0.717, 1.165) is 30.3 Å². The van der Waals surface area contributed by atoms with Crippen LogP contribution in [0.5, 0.6) is 0 Å². The van der Waals surface area contributed by atoms with Gasteiger partial charge in [-0.3, -0.25) is 4.57 Å². The predicted molar refractivity (Wildman–Crippen MR) is 151 cm³/mol. The third-order valence-electron chi connectivity index (χ3n) is 8.15. The summed E-state index contributed by atoms with van der Waals surface area (Å²) < 4.78 is 15.1. The number of imidazole rings is 2. The molecule has 0 radical (unpaired) electrons. The summed E-state index contributed by atoms with van der Waals surface area (Å²) >= 11 is 0. The molecule has 1 saturated heterocycles. The number of aliphatic hydroxyl groups is 2. The Kier molecular flexibility index (Phi) is 8.17. The number of aromatic nitrogens is 7. The molecule has 0 unspecified atom stereocenters. The molecule has 0 aromatic carbocycles. The predicted octanol–water partition coefficient (Wildman–Crippen LogP) is 3.14. The van der Waals surface area contributed by atoms with E-state index in [-0.39, 0.29) is 0 Å². The van der Waals surface area contributed by atoms with Crippen molar-refractivity contribution in [2.75, 3.05) is 23.7 Å². The molecule has 5 heterocycles. The minimum absolute atomic E-state index is 0.372. The van der Waals surface area contributed by atoms with Gasteiger partial charge in [-0.1, -0.05) is 44.2 Å². The Balaban J connectivity index is 1.25. The van der Waals surface area contributed by atoms with Crippen molar-refractivity contribution in [1.29, 1.82) is 0 Å². The highest BCUT2D eigenvalue weighted by Gasteiger charge is 2.47. The molecule has 4 N–H and O–H groups in total. The average Bonchev–Trinajstić information content (AvgIpc) is 3.77. The Morgan fingerprint density at radius 3 is 2.61 bits per heavy atom. The summed E-state index contributed by atoms with van der Waals surface area (Å²) in [7, 11) is 1.94. The number of aryl methyl sites for hydroxylation is 2. The van der Waals surface area contributed by atoms with Gasteiger partial charge in [0, 0.05) is 38.8 Å². The summed E-state index contributed by atoms with van der Waals surface area (Å²) in [4.78, 5) is 18.5. The van der Waals surface area contributed by atoms with Crippen molar-refractivity contribution in [3.63, 3.8) is 0 Å². The Morgan fingerprint density at radius 2 is 1.85 bits per heavy atom. The standard InChI is InChI=1S/C28H39N9O4/c1-3-18-13-20(41-35-18)24-22(38)23(39)27(40-24)37-16-32-21-25(29-11-9-17-7-5-4-6-8-17)33-28(34-26(21)37)30-12-10-19-14-36(2)15-31-19/h13-17,22-24,27,38-39H,3-12H2,1-2H3,(H2,29,30,33,34)/t22-,23+,24+,27+/m0/s1. The molecule has 2 fully saturated rings. The fourth-order valence-corrected chi connectivity index (χ4v) is 5.83. The molecule has 1 saturated carbocycles. The fraction of sp³-hybridized carbons (Fsp3) is 0.607. The van der Waals surface area contributed by atoms with Gasteiger partial charge in [0.25, 0.3) is 0 Å². The van der Waals surface area contributed by atoms with E-state index in [2.05, 4.69) is 25.8 Å². The van der Waals surface area contributed by atoms with Crippen molar-refractivity contribution in [2.45, 2.75) is 82.8 Å². The van der Waals surface area contributed by atoms with Crippen molar-refractivity contribution in [1.82, 2.24) is 34.2 Å². The maximum Gasteiger partial charge on any atom is 0.226 e. The maximum atomic E-state index is 11.0. The molecule has 4 aromatic rings. The number of hydrogen-bond donors (Lipinski definition) is 4. The zero-order valence-electron chi connectivity index (χ0n) is 23.6. The molecule has 4 atom stereocenters. The van der Waals surface area contributed by atoms with E-state index in [1.54, 1.807) is 23.3 Å². The number of ether oxygens (including phenoxy) is 1. The number of anilines is 2. The van der Waals surface area contributed by atoms with Crippen LogP contribution >= 0.6 is 0 Å². The van der Waals surface area contributed by atoms with E-state index in [1.165, 1.54) is 32.1 Å². The molecule has 4 aromatic heterocycles. The van der Waals surface area contributed by atoms with Crippen molar-refractivity contribution in [3.05, 3.63) is 42.1 Å². The maximum absolute atomic E-state index is 11.0. The van der Waals surface area contributed by atoms with Crippen LogP contribution in [0, 0.1) is 5.92 Å². The van der Waals surface area contributed by atoms with Gasteiger partial charge in [0.1, 0.15) is 18.3 Å². The number of hydrogen-bond acceptors (Lipinski definition) is 11. The highest BCUT2D eigenvalue weighted by atomic mass is 16.6. The lowest BCUT2D eigenvalue weighted by Crippen LogP contribution is -2.29. The van der Waals surface area contributed by atoms with Crippen molar-refractivity contribution >= 4 is 22.9 Å². The quantitative estimate of drug-likeness (QED) is 0.211. The van der Waals surface area contributed by atoms with Crippen molar-refractivity contribution in [3.8, 4) is 0 Å². The fourth-order valence-electron chi connectivity index (χ4n) is 5.83. The minimum Gasteiger partial charge on any atom is -0.387 e. The molecule has 13 nitrogen and oxygen atoms in total. The lowest BCUT2D eigenvalue weighted by atomic mass is 9.87. The number of nitrogens with zero attached hydrogens (tertiary/aromatic N) is 7. The lowest BCUT2D eigenvalue weighted by molar-refractivity contribution is -0.0434. The summed E-state index contributed by atoms with van der Waals surface area (Å²) in [6.45, 7) is 3.34. The second-order valence-electron chi connectivity index (χ2n) is 11.1. The molecule has 0 spiro atoms. The van der Waals surface area contributed by atoms with Crippen LogP contribution in [0.15, 0.2) is 29.4 Å². The first kappa shape index (κ1) is 27.6. The van der Waals surface area contributed by atoms with Crippen molar-refractivity contribution < 1.29 is 19.5 Å². The van der Waals surface area contributed by atoms with E-state index < -0.39 is 24.5 Å². The Morgan fingerprint density at radius 1 is 1.00 bits per heavy atom. The van der Waals surface area contributed by atoms with Gasteiger partial charge in [-0.25, -0.2) is 9.97 Å². The normalized spacial score (nSPS) is 23.4. The minimum atomic E-state index is -1.23. The van der Waals surface area contributed by atoms with Crippen LogP contribution in [0.25, 0.3) is 11.2 Å². The highest BCUT2D eigenvalue weighted by Crippen LogP contribution is 2.40. The third kappa shape index (κ3) is 5.92. The Bertz CT molecular complexity index is 1440. The van der Waals surface area contributed by atoms with Gasteiger partial charge in [-0.15, -0.1) is 0 Å². The van der Waals surface area contributed by atoms with E-state index in [0.29, 0.717) is 48.1 Å². The number of fused-ring (bicyclic) bond motifs is 1. The molecule has 2 aliphatic rings. The molecule has 0 bridgehead atoms. The molecule has 1 aliphatic carbocycles. The summed E-state index contributed by atoms with van der Waals surface area (Å²) in [6.07, 6.45) is 10.1. The van der Waals surface area contributed by atoms with Crippen LogP contribution in [0.3, 0.4) is 0 Å². The van der Waals surface area contributed by atoms with Gasteiger partial charge >= 0.3 is 0 Å². The second-order valence-corrected chi connectivity index (χ2v) is 11.1. The third-order valence-corrected chi connectivity index (χ3v) is 8.15. The first-order valence-electron chi connectivity index (χ1n) is 14.7. The van der Waals surface area contributed by atoms with Crippen LogP contribution in [0.4, 0.5) is 11.8 Å². The van der Waals surface area contributed by atoms with E-state index >= 15 is 0 Å². The molecule has 41 heavy (non-hydrogen) atoms.